The van der Waals surface area contributed by atoms with Crippen molar-refractivity contribution < 1.29 is 39.4 Å². The molecule has 0 saturated carbocycles. The van der Waals surface area contributed by atoms with Crippen LogP contribution in [0.1, 0.15) is 144 Å². The molecule has 3 atom stereocenters. The summed E-state index contributed by atoms with van der Waals surface area (Å²) in [4.78, 5) is 11.5. The number of allylic oxidation sites excluding steroid dienone is 6. The molecule has 0 aliphatic carbocycles. The Morgan fingerprint density at radius 1 is 0.683 bits per heavy atom. The zero-order chi connectivity index (χ0) is 43.4. The molecule has 5 aliphatic heterocycles. The van der Waals surface area contributed by atoms with E-state index in [2.05, 4.69) is 71.9 Å². The number of hydrogen-bond acceptors (Lipinski definition) is 7. The lowest BCUT2D eigenvalue weighted by Gasteiger charge is -2.32. The van der Waals surface area contributed by atoms with Gasteiger partial charge in [-0.1, -0.05) is 34.9 Å². The second-order valence-corrected chi connectivity index (χ2v) is 17.9. The van der Waals surface area contributed by atoms with E-state index in [4.69, 9.17) is 14.2 Å². The monoisotopic (exact) mass is 814 g/mol. The Balaban J connectivity index is 0.000000152. The maximum Gasteiger partial charge on any atom is 0.339 e. The molecule has 0 amide bonds. The average molecular weight is 815 g/mol. The van der Waals surface area contributed by atoms with E-state index in [1.807, 2.05) is 50.3 Å². The molecule has 0 saturated heterocycles. The van der Waals surface area contributed by atoms with Gasteiger partial charge in [0.2, 0.25) is 0 Å². The largest absolute Gasteiger partial charge is 0.507 e. The third-order valence-electron chi connectivity index (χ3n) is 11.9. The van der Waals surface area contributed by atoms with Crippen molar-refractivity contribution in [2.24, 2.45) is 0 Å². The van der Waals surface area contributed by atoms with Crippen molar-refractivity contribution in [1.82, 2.24) is 0 Å². The van der Waals surface area contributed by atoms with Gasteiger partial charge in [-0.25, -0.2) is 4.79 Å². The van der Waals surface area contributed by atoms with E-state index in [-0.39, 0.29) is 28.3 Å². The van der Waals surface area contributed by atoms with Crippen molar-refractivity contribution in [2.75, 3.05) is 0 Å². The SMILES string of the molecule is C/C1=C\CCC2(C)C=Cc3c(O)cc(cc3O2)CC1.C/C1=C\CCC2(C)C=Cc3c(cc(c(C(=O)O)c3O)CC1)O2.CC(C)=CCCC1(C)C=Cc2c(O)cc(C)cc2O1. The minimum absolute atomic E-state index is 0.0114. The van der Waals surface area contributed by atoms with Crippen LogP contribution in [-0.2, 0) is 12.8 Å². The first-order valence-electron chi connectivity index (χ1n) is 21.3. The summed E-state index contributed by atoms with van der Waals surface area (Å²) >= 11 is 0. The minimum Gasteiger partial charge on any atom is -0.507 e. The number of hydrogen-bond donors (Lipinski definition) is 4. The van der Waals surface area contributed by atoms with E-state index in [1.165, 1.54) is 16.7 Å². The van der Waals surface area contributed by atoms with Crippen molar-refractivity contribution in [1.29, 1.82) is 0 Å². The Labute approximate surface area is 355 Å². The predicted octanol–water partition coefficient (Wildman–Crippen LogP) is 12.8. The molecule has 0 radical (unpaired) electrons. The second-order valence-electron chi connectivity index (χ2n) is 17.9. The number of rotatable bonds is 4. The van der Waals surface area contributed by atoms with Crippen LogP contribution in [0.4, 0.5) is 0 Å². The predicted molar refractivity (Wildman–Crippen MR) is 242 cm³/mol. The summed E-state index contributed by atoms with van der Waals surface area (Å²) in [5.74, 6) is 1.48. The first-order valence-corrected chi connectivity index (χ1v) is 21.3. The molecule has 318 valence electrons. The van der Waals surface area contributed by atoms with E-state index < -0.39 is 11.6 Å². The van der Waals surface area contributed by atoms with Crippen molar-refractivity contribution in [3.8, 4) is 34.5 Å². The van der Waals surface area contributed by atoms with Crippen LogP contribution in [0.15, 0.2) is 83.5 Å². The van der Waals surface area contributed by atoms with Gasteiger partial charge >= 0.3 is 5.97 Å². The molecule has 3 aromatic rings. The van der Waals surface area contributed by atoms with Crippen molar-refractivity contribution in [2.45, 2.75) is 136 Å². The number of carbonyl (C=O) groups is 1. The van der Waals surface area contributed by atoms with Crippen LogP contribution < -0.4 is 14.2 Å². The van der Waals surface area contributed by atoms with Crippen LogP contribution >= 0.6 is 0 Å². The quantitative estimate of drug-likeness (QED) is 0.192. The highest BCUT2D eigenvalue weighted by Crippen LogP contribution is 2.44. The summed E-state index contributed by atoms with van der Waals surface area (Å²) < 4.78 is 18.3. The van der Waals surface area contributed by atoms with E-state index >= 15 is 0 Å². The third kappa shape index (κ3) is 10.6. The van der Waals surface area contributed by atoms with Gasteiger partial charge in [0.05, 0.1) is 16.7 Å². The Morgan fingerprint density at radius 2 is 1.23 bits per heavy atom. The minimum atomic E-state index is -1.10. The molecule has 8 heteroatoms. The summed E-state index contributed by atoms with van der Waals surface area (Å²) in [6, 6.07) is 9.46. The van der Waals surface area contributed by atoms with Gasteiger partial charge < -0.3 is 34.6 Å². The van der Waals surface area contributed by atoms with Crippen LogP contribution in [-0.4, -0.2) is 43.2 Å². The highest BCUT2D eigenvalue weighted by Gasteiger charge is 2.32. The summed E-state index contributed by atoms with van der Waals surface area (Å²) in [5.41, 5.74) is 7.81. The lowest BCUT2D eigenvalue weighted by Crippen LogP contribution is -2.31. The molecule has 0 spiro atoms. The first-order chi connectivity index (χ1) is 28.3. The Bertz CT molecular complexity index is 2320. The normalized spacial score (nSPS) is 24.9. The fraction of sp³-hybridized carbons (Fsp3) is 0.404. The van der Waals surface area contributed by atoms with E-state index in [9.17, 15) is 25.2 Å². The highest BCUT2D eigenvalue weighted by atomic mass is 16.5. The van der Waals surface area contributed by atoms with Gasteiger partial charge in [0, 0.05) is 0 Å². The van der Waals surface area contributed by atoms with Gasteiger partial charge in [-0.2, -0.15) is 0 Å². The maximum atomic E-state index is 11.5. The summed E-state index contributed by atoms with van der Waals surface area (Å²) in [6.07, 6.45) is 27.5. The molecule has 4 N–H and O–H groups in total. The molecule has 5 aliphatic rings. The number of fused-ring (bicyclic) bond motifs is 5. The maximum absolute atomic E-state index is 11.5. The molecular weight excluding hydrogens is 753 g/mol. The van der Waals surface area contributed by atoms with Gasteiger partial charge in [0.1, 0.15) is 56.9 Å². The average Bonchev–Trinajstić information content (AvgIpc) is 3.16. The smallest absolute Gasteiger partial charge is 0.339 e. The Hall–Kier alpha value is -5.63. The fourth-order valence-electron chi connectivity index (χ4n) is 8.23. The van der Waals surface area contributed by atoms with E-state index in [0.717, 1.165) is 91.5 Å². The lowest BCUT2D eigenvalue weighted by molar-refractivity contribution is 0.0692. The van der Waals surface area contributed by atoms with Crippen LogP contribution in [0.5, 0.6) is 34.5 Å². The molecule has 5 heterocycles. The molecule has 8 rings (SSSR count). The third-order valence-corrected chi connectivity index (χ3v) is 11.9. The number of aromatic hydroxyl groups is 3. The number of phenolic OH excluding ortho intramolecular Hbond substituents is 2. The van der Waals surface area contributed by atoms with E-state index in [0.29, 0.717) is 29.0 Å². The van der Waals surface area contributed by atoms with Gasteiger partial charge in [0.15, 0.2) is 0 Å². The second kappa shape index (κ2) is 17.9. The fourth-order valence-corrected chi connectivity index (χ4v) is 8.23. The van der Waals surface area contributed by atoms with Crippen LogP contribution in [0.25, 0.3) is 18.2 Å². The molecule has 0 aromatic heterocycles. The molecule has 60 heavy (non-hydrogen) atoms. The number of aryl methyl sites for hydroxylation is 3. The summed E-state index contributed by atoms with van der Waals surface area (Å²) in [6.45, 7) is 16.6. The van der Waals surface area contributed by atoms with Crippen LogP contribution in [0.3, 0.4) is 0 Å². The number of phenols is 3. The van der Waals surface area contributed by atoms with Crippen molar-refractivity contribution >= 4 is 24.2 Å². The lowest BCUT2D eigenvalue weighted by atomic mass is 9.92. The molecule has 0 fully saturated rings. The Morgan fingerprint density at radius 3 is 1.85 bits per heavy atom. The molecular formula is C52H62O8. The van der Waals surface area contributed by atoms with Gasteiger partial charge in [-0.3, -0.25) is 0 Å². The van der Waals surface area contributed by atoms with Gasteiger partial charge in [0.25, 0.3) is 0 Å². The standard InChI is InChI=1S/C18H20O4.C17H20O2.C17H22O2/c1-11-4-3-8-18(2)9-7-13-14(22-18)10-12(6-5-11)15(16(13)19)17(20)21;1-12-4-3-8-17(2)9-7-14-15(18)10-13(6-5-12)11-16(14)19-17;1-12(2)6-5-8-17(4)9-7-14-15(18)10-13(3)11-16(14)19-17/h4,7,9-10,19H,3,5-6,8H2,1-2H3,(H,20,21);4,7,9-11,18H,3,5-6,8H2,1-2H3;6-7,9-11,18H,5,8H2,1-4H3/b11-4+;12-4+;. The zero-order valence-electron chi connectivity index (χ0n) is 36.6. The number of benzene rings is 3. The topological polar surface area (TPSA) is 126 Å². The first kappa shape index (κ1) is 43.9. The number of carboxylic acid groups (broad SMARTS) is 1. The molecule has 6 bridgehead atoms. The summed E-state index contributed by atoms with van der Waals surface area (Å²) in [7, 11) is 0. The Kier molecular flexibility index (Phi) is 13.1. The number of ether oxygens (including phenoxy) is 3. The molecule has 8 nitrogen and oxygen atoms in total. The zero-order valence-corrected chi connectivity index (χ0v) is 36.6. The van der Waals surface area contributed by atoms with Crippen molar-refractivity contribution in [3.05, 3.63) is 122 Å². The van der Waals surface area contributed by atoms with Gasteiger partial charge in [-0.05, 0) is 203 Å². The number of aromatic carboxylic acids is 1. The van der Waals surface area contributed by atoms with E-state index in [1.54, 1.807) is 18.2 Å². The van der Waals surface area contributed by atoms with Crippen LogP contribution in [0.2, 0.25) is 0 Å². The van der Waals surface area contributed by atoms with Crippen LogP contribution in [0, 0.1) is 6.92 Å². The highest BCUT2D eigenvalue weighted by molar-refractivity contribution is 5.95. The van der Waals surface area contributed by atoms with Gasteiger partial charge in [-0.15, -0.1) is 0 Å². The van der Waals surface area contributed by atoms with Crippen molar-refractivity contribution in [3.63, 3.8) is 0 Å². The summed E-state index contributed by atoms with van der Waals surface area (Å²) in [5, 5.41) is 39.9. The molecule has 3 unspecified atom stereocenters. The molecule has 3 aromatic carbocycles. The number of carboxylic acids is 1.